The van der Waals surface area contributed by atoms with Gasteiger partial charge in [0.25, 0.3) is 0 Å². The topological polar surface area (TPSA) is 105 Å². The average Bonchev–Trinajstić information content (AvgIpc) is 2.70. The molecule has 0 saturated heterocycles. The van der Waals surface area contributed by atoms with Crippen LogP contribution in [-0.4, -0.2) is 36.3 Å². The summed E-state index contributed by atoms with van der Waals surface area (Å²) in [5.74, 6) is 0.373. The molecule has 18 heavy (non-hydrogen) atoms. The van der Waals surface area contributed by atoms with Gasteiger partial charge in [-0.15, -0.1) is 5.10 Å². The Hall–Kier alpha value is -1.90. The molecule has 0 saturated carbocycles. The minimum absolute atomic E-state index is 0.00320. The van der Waals surface area contributed by atoms with Crippen LogP contribution >= 0.6 is 11.8 Å². The second-order valence-electron chi connectivity index (χ2n) is 3.75. The summed E-state index contributed by atoms with van der Waals surface area (Å²) >= 11 is 1.26. The Kier molecular flexibility index (Phi) is 3.60. The fraction of sp³-hybridized carbons (Fsp3) is 0.444. The van der Waals surface area contributed by atoms with Crippen LogP contribution in [0.15, 0.2) is 16.5 Å². The van der Waals surface area contributed by atoms with Crippen molar-refractivity contribution in [1.82, 2.24) is 30.2 Å². The van der Waals surface area contributed by atoms with Crippen molar-refractivity contribution in [2.75, 3.05) is 5.73 Å². The average molecular weight is 267 g/mol. The maximum atomic E-state index is 5.95. The van der Waals surface area contributed by atoms with Gasteiger partial charge < -0.3 is 10.5 Å². The van der Waals surface area contributed by atoms with Crippen LogP contribution in [0.2, 0.25) is 0 Å². The fourth-order valence-electron chi connectivity index (χ4n) is 1.16. The third-order valence-corrected chi connectivity index (χ3v) is 2.97. The van der Waals surface area contributed by atoms with Crippen LogP contribution in [-0.2, 0) is 7.05 Å². The van der Waals surface area contributed by atoms with Crippen molar-refractivity contribution in [3.8, 4) is 5.88 Å². The first-order valence-electron chi connectivity index (χ1n) is 5.25. The molecule has 2 rings (SSSR count). The zero-order valence-corrected chi connectivity index (χ0v) is 11.0. The lowest BCUT2D eigenvalue weighted by Crippen LogP contribution is -2.10. The summed E-state index contributed by atoms with van der Waals surface area (Å²) in [6.45, 7) is 3.81. The first-order valence-corrected chi connectivity index (χ1v) is 6.07. The molecule has 2 aromatic rings. The SMILES string of the molecule is CC(C)Oc1ncnc(Sc2nnnn2C)c1N. The van der Waals surface area contributed by atoms with Crippen LogP contribution in [0.5, 0.6) is 5.88 Å². The summed E-state index contributed by atoms with van der Waals surface area (Å²) < 4.78 is 7.02. The zero-order valence-electron chi connectivity index (χ0n) is 10.2. The molecule has 0 amide bonds. The van der Waals surface area contributed by atoms with Gasteiger partial charge in [0.05, 0.1) is 6.10 Å². The lowest BCUT2D eigenvalue weighted by molar-refractivity contribution is 0.233. The van der Waals surface area contributed by atoms with E-state index in [9.17, 15) is 0 Å². The molecular weight excluding hydrogens is 254 g/mol. The number of anilines is 1. The Balaban J connectivity index is 2.26. The molecule has 0 unspecified atom stereocenters. The summed E-state index contributed by atoms with van der Waals surface area (Å²) in [4.78, 5) is 8.10. The smallest absolute Gasteiger partial charge is 0.241 e. The quantitative estimate of drug-likeness (QED) is 0.799. The van der Waals surface area contributed by atoms with Crippen molar-refractivity contribution in [2.24, 2.45) is 7.05 Å². The predicted octanol–water partition coefficient (Wildman–Crippen LogP) is 0.521. The second-order valence-corrected chi connectivity index (χ2v) is 4.71. The Morgan fingerprint density at radius 3 is 2.78 bits per heavy atom. The molecule has 0 fully saturated rings. The van der Waals surface area contributed by atoms with Gasteiger partial charge in [-0.25, -0.2) is 9.67 Å². The molecule has 8 nitrogen and oxygen atoms in total. The Bertz CT molecular complexity index is 541. The van der Waals surface area contributed by atoms with Gasteiger partial charge in [-0.3, -0.25) is 0 Å². The fourth-order valence-corrected chi connectivity index (χ4v) is 1.87. The number of rotatable bonds is 4. The van der Waals surface area contributed by atoms with E-state index in [4.69, 9.17) is 10.5 Å². The van der Waals surface area contributed by atoms with Crippen LogP contribution in [0.4, 0.5) is 5.69 Å². The molecule has 0 aliphatic rings. The van der Waals surface area contributed by atoms with E-state index in [2.05, 4.69) is 25.5 Å². The number of aromatic nitrogens is 6. The highest BCUT2D eigenvalue weighted by Crippen LogP contribution is 2.32. The van der Waals surface area contributed by atoms with Crippen molar-refractivity contribution >= 4 is 17.4 Å². The summed E-state index contributed by atoms with van der Waals surface area (Å²) in [5, 5.41) is 12.3. The van der Waals surface area contributed by atoms with Crippen molar-refractivity contribution in [3.05, 3.63) is 6.33 Å². The van der Waals surface area contributed by atoms with Gasteiger partial charge in [0, 0.05) is 7.05 Å². The van der Waals surface area contributed by atoms with Gasteiger partial charge in [0.15, 0.2) is 0 Å². The van der Waals surface area contributed by atoms with Gasteiger partial charge in [0.2, 0.25) is 11.0 Å². The summed E-state index contributed by atoms with van der Waals surface area (Å²) in [5.41, 5.74) is 6.34. The largest absolute Gasteiger partial charge is 0.473 e. The molecule has 2 heterocycles. The normalized spacial score (nSPS) is 10.9. The minimum atomic E-state index is -0.00320. The number of hydrogen-bond acceptors (Lipinski definition) is 8. The zero-order chi connectivity index (χ0) is 13.1. The highest BCUT2D eigenvalue weighted by molar-refractivity contribution is 7.99. The first-order chi connectivity index (χ1) is 8.58. The van der Waals surface area contributed by atoms with Crippen LogP contribution in [0, 0.1) is 0 Å². The molecule has 2 aromatic heterocycles. The molecule has 0 bridgehead atoms. The molecule has 0 aliphatic carbocycles. The minimum Gasteiger partial charge on any atom is -0.473 e. The first kappa shape index (κ1) is 12.6. The number of tetrazole rings is 1. The number of hydrogen-bond donors (Lipinski definition) is 1. The van der Waals surface area contributed by atoms with Crippen molar-refractivity contribution in [1.29, 1.82) is 0 Å². The number of aryl methyl sites for hydroxylation is 1. The van der Waals surface area contributed by atoms with E-state index in [-0.39, 0.29) is 6.10 Å². The lowest BCUT2D eigenvalue weighted by Gasteiger charge is -2.11. The summed E-state index contributed by atoms with van der Waals surface area (Å²) in [7, 11) is 1.74. The van der Waals surface area contributed by atoms with Crippen LogP contribution < -0.4 is 10.5 Å². The molecule has 0 aliphatic heterocycles. The third-order valence-electron chi connectivity index (χ3n) is 1.93. The molecule has 2 N–H and O–H groups in total. The van der Waals surface area contributed by atoms with E-state index in [0.29, 0.717) is 21.7 Å². The number of nitrogens with two attached hydrogens (primary N) is 1. The van der Waals surface area contributed by atoms with Crippen molar-refractivity contribution in [2.45, 2.75) is 30.1 Å². The van der Waals surface area contributed by atoms with Crippen molar-refractivity contribution < 1.29 is 4.74 Å². The molecule has 0 atom stereocenters. The van der Waals surface area contributed by atoms with Crippen LogP contribution in [0.25, 0.3) is 0 Å². The van der Waals surface area contributed by atoms with Gasteiger partial charge in [-0.2, -0.15) is 4.98 Å². The van der Waals surface area contributed by atoms with Gasteiger partial charge in [-0.1, -0.05) is 0 Å². The maximum Gasteiger partial charge on any atom is 0.241 e. The van der Waals surface area contributed by atoms with E-state index in [1.807, 2.05) is 13.8 Å². The second kappa shape index (κ2) is 5.17. The lowest BCUT2D eigenvalue weighted by atomic mass is 10.4. The van der Waals surface area contributed by atoms with E-state index in [1.165, 1.54) is 22.8 Å². The molecular formula is C9H13N7OS. The van der Waals surface area contributed by atoms with Crippen LogP contribution in [0.3, 0.4) is 0 Å². The van der Waals surface area contributed by atoms with E-state index < -0.39 is 0 Å². The van der Waals surface area contributed by atoms with Gasteiger partial charge in [0.1, 0.15) is 17.0 Å². The number of nitrogen functional groups attached to an aromatic ring is 1. The van der Waals surface area contributed by atoms with Crippen molar-refractivity contribution in [3.63, 3.8) is 0 Å². The number of nitrogens with zero attached hydrogens (tertiary/aromatic N) is 6. The summed E-state index contributed by atoms with van der Waals surface area (Å²) in [6, 6.07) is 0. The highest BCUT2D eigenvalue weighted by atomic mass is 32.2. The molecule has 0 spiro atoms. The highest BCUT2D eigenvalue weighted by Gasteiger charge is 2.14. The third kappa shape index (κ3) is 2.67. The van der Waals surface area contributed by atoms with E-state index >= 15 is 0 Å². The monoisotopic (exact) mass is 267 g/mol. The molecule has 96 valence electrons. The summed E-state index contributed by atoms with van der Waals surface area (Å²) in [6.07, 6.45) is 1.40. The van der Waals surface area contributed by atoms with E-state index in [0.717, 1.165) is 0 Å². The van der Waals surface area contributed by atoms with Gasteiger partial charge >= 0.3 is 0 Å². The van der Waals surface area contributed by atoms with Gasteiger partial charge in [-0.05, 0) is 36.0 Å². The molecule has 9 heteroatoms. The van der Waals surface area contributed by atoms with Crippen LogP contribution in [0.1, 0.15) is 13.8 Å². The Morgan fingerprint density at radius 1 is 1.39 bits per heavy atom. The maximum absolute atomic E-state index is 5.95. The Labute approximate surface area is 108 Å². The molecule has 0 radical (unpaired) electrons. The van der Waals surface area contributed by atoms with E-state index in [1.54, 1.807) is 7.05 Å². The predicted molar refractivity (Wildman–Crippen MR) is 65.1 cm³/mol. The Morgan fingerprint density at radius 2 is 2.17 bits per heavy atom. The number of ether oxygens (including phenoxy) is 1. The standard InChI is InChI=1S/C9H13N7OS/c1-5(2)17-7-6(10)8(12-4-11-7)18-9-13-14-15-16(9)3/h4-5H,10H2,1-3H3. The molecule has 0 aromatic carbocycles.